The molecular weight excluding hydrogens is 551 g/mol. The highest BCUT2D eigenvalue weighted by Crippen LogP contribution is 2.34. The molecule has 2 heterocycles. The Hall–Kier alpha value is -4.81. The van der Waals surface area contributed by atoms with E-state index in [1.54, 1.807) is 59.0 Å². The zero-order valence-corrected chi connectivity index (χ0v) is 23.7. The summed E-state index contributed by atoms with van der Waals surface area (Å²) in [7, 11) is 1.70. The van der Waals surface area contributed by atoms with E-state index in [9.17, 15) is 22.8 Å². The van der Waals surface area contributed by atoms with Crippen molar-refractivity contribution in [3.63, 3.8) is 0 Å². The van der Waals surface area contributed by atoms with E-state index < -0.39 is 35.4 Å². The quantitative estimate of drug-likeness (QED) is 0.297. The topological polar surface area (TPSA) is 124 Å². The van der Waals surface area contributed by atoms with Gasteiger partial charge in [-0.05, 0) is 62.1 Å². The van der Waals surface area contributed by atoms with E-state index >= 15 is 0 Å². The second-order valence-electron chi connectivity index (χ2n) is 10.6. The van der Waals surface area contributed by atoms with Crippen molar-refractivity contribution in [3.05, 3.63) is 83.4 Å². The van der Waals surface area contributed by atoms with Crippen LogP contribution < -0.4 is 10.6 Å². The van der Waals surface area contributed by atoms with Gasteiger partial charge >= 0.3 is 12.3 Å². The third kappa shape index (κ3) is 7.47. The molecule has 2 aromatic carbocycles. The van der Waals surface area contributed by atoms with Crippen LogP contribution in [0.2, 0.25) is 0 Å². The molecular formula is C29H30F3N7O3. The van der Waals surface area contributed by atoms with E-state index in [1.165, 1.54) is 29.3 Å². The van der Waals surface area contributed by atoms with Crippen LogP contribution in [-0.4, -0.2) is 42.6 Å². The van der Waals surface area contributed by atoms with Gasteiger partial charge in [0.25, 0.3) is 5.91 Å². The molecule has 4 rings (SSSR count). The van der Waals surface area contributed by atoms with E-state index in [4.69, 9.17) is 4.74 Å². The normalized spacial score (nSPS) is 12.5. The van der Waals surface area contributed by atoms with Crippen LogP contribution in [0.5, 0.6) is 0 Å². The van der Waals surface area contributed by atoms with E-state index in [2.05, 4.69) is 30.9 Å². The van der Waals surface area contributed by atoms with Gasteiger partial charge in [-0.25, -0.2) is 14.5 Å². The van der Waals surface area contributed by atoms with Crippen LogP contribution in [0.4, 0.5) is 18.0 Å². The molecule has 1 atom stereocenters. The van der Waals surface area contributed by atoms with Gasteiger partial charge in [0.05, 0.1) is 30.2 Å². The number of carbonyl (C=O) groups is 2. The molecule has 4 aromatic rings. The van der Waals surface area contributed by atoms with Gasteiger partial charge in [0.2, 0.25) is 0 Å². The van der Waals surface area contributed by atoms with Gasteiger partial charge in [0, 0.05) is 13.6 Å². The van der Waals surface area contributed by atoms with Crippen molar-refractivity contribution in [1.82, 2.24) is 35.6 Å². The van der Waals surface area contributed by atoms with Crippen molar-refractivity contribution >= 4 is 12.0 Å². The number of aromatic nitrogens is 5. The molecule has 42 heavy (non-hydrogen) atoms. The molecule has 2 N–H and O–H groups in total. The first-order chi connectivity index (χ1) is 19.7. The summed E-state index contributed by atoms with van der Waals surface area (Å²) in [5.74, 6) is -0.454. The number of alkyl halides is 3. The average Bonchev–Trinajstić information content (AvgIpc) is 3.36. The predicted molar refractivity (Wildman–Crippen MR) is 148 cm³/mol. The van der Waals surface area contributed by atoms with Crippen LogP contribution in [0.25, 0.3) is 22.5 Å². The molecule has 2 amide bonds. The van der Waals surface area contributed by atoms with Crippen LogP contribution in [0.15, 0.2) is 61.1 Å². The first-order valence-electron chi connectivity index (χ1n) is 13.0. The van der Waals surface area contributed by atoms with Gasteiger partial charge in [0.1, 0.15) is 22.7 Å². The van der Waals surface area contributed by atoms with Crippen LogP contribution in [0.3, 0.4) is 0 Å². The fraction of sp³-hybridized carbons (Fsp3) is 0.310. The zero-order chi connectivity index (χ0) is 30.7. The summed E-state index contributed by atoms with van der Waals surface area (Å²) in [5.41, 5.74) is 1.60. The summed E-state index contributed by atoms with van der Waals surface area (Å²) >= 11 is 0. The third-order valence-electron chi connectivity index (χ3n) is 6.17. The Balaban J connectivity index is 1.52. The summed E-state index contributed by atoms with van der Waals surface area (Å²) in [6, 6.07) is 9.68. The molecule has 0 radical (unpaired) electrons. The molecule has 0 aliphatic rings. The van der Waals surface area contributed by atoms with Gasteiger partial charge in [-0.3, -0.25) is 9.78 Å². The predicted octanol–water partition coefficient (Wildman–Crippen LogP) is 5.47. The fourth-order valence-electron chi connectivity index (χ4n) is 4.08. The number of amides is 2. The summed E-state index contributed by atoms with van der Waals surface area (Å²) in [6.07, 6.45) is -0.862. The van der Waals surface area contributed by atoms with Crippen molar-refractivity contribution in [3.8, 4) is 22.5 Å². The van der Waals surface area contributed by atoms with Crippen molar-refractivity contribution in [2.75, 3.05) is 0 Å². The Morgan fingerprint density at radius 1 is 1.02 bits per heavy atom. The number of nitrogens with zero attached hydrogens (tertiary/aromatic N) is 5. The number of carbonyl (C=O) groups excluding carboxylic acids is 2. The lowest BCUT2D eigenvalue weighted by molar-refractivity contribution is -0.137. The van der Waals surface area contributed by atoms with E-state index in [1.807, 2.05) is 0 Å². The Kier molecular flexibility index (Phi) is 8.59. The monoisotopic (exact) mass is 581 g/mol. The number of halogens is 3. The Bertz CT molecular complexity index is 1580. The van der Waals surface area contributed by atoms with E-state index in [-0.39, 0.29) is 12.2 Å². The number of nitrogens with one attached hydrogen (secondary N) is 2. The minimum atomic E-state index is -4.54. The number of rotatable bonds is 7. The number of alkyl carbamates (subject to hydrolysis) is 1. The highest BCUT2D eigenvalue weighted by molar-refractivity contribution is 5.92. The van der Waals surface area contributed by atoms with Gasteiger partial charge in [0.15, 0.2) is 0 Å². The molecule has 0 aliphatic heterocycles. The van der Waals surface area contributed by atoms with Crippen LogP contribution in [0, 0.1) is 0 Å². The fourth-order valence-corrected chi connectivity index (χ4v) is 4.08. The minimum absolute atomic E-state index is 0.0361. The van der Waals surface area contributed by atoms with Gasteiger partial charge in [-0.1, -0.05) is 35.5 Å². The summed E-state index contributed by atoms with van der Waals surface area (Å²) < 4.78 is 47.3. The molecule has 0 aliphatic carbocycles. The molecule has 0 saturated heterocycles. The van der Waals surface area contributed by atoms with Crippen molar-refractivity contribution in [2.45, 2.75) is 52.1 Å². The van der Waals surface area contributed by atoms with Crippen LogP contribution in [0.1, 0.15) is 60.9 Å². The molecule has 2 aromatic heterocycles. The Morgan fingerprint density at radius 2 is 1.74 bits per heavy atom. The molecule has 0 bridgehead atoms. The number of hydrogen-bond acceptors (Lipinski definition) is 7. The maximum absolute atomic E-state index is 13.5. The maximum Gasteiger partial charge on any atom is 0.416 e. The molecule has 10 nitrogen and oxygen atoms in total. The lowest BCUT2D eigenvalue weighted by Crippen LogP contribution is -2.32. The van der Waals surface area contributed by atoms with Crippen LogP contribution >= 0.6 is 0 Å². The lowest BCUT2D eigenvalue weighted by atomic mass is 9.95. The van der Waals surface area contributed by atoms with Crippen molar-refractivity contribution in [2.24, 2.45) is 7.05 Å². The number of ether oxygens (including phenoxy) is 1. The Labute approximate surface area is 240 Å². The molecule has 0 spiro atoms. The molecule has 0 fully saturated rings. The SMILES string of the molecule is C[C@@H](NC(=O)c1cncc(-c2cnnn2C)n1)c1ccc(-c2cc(C(F)(F)F)ccc2CNC(=O)OC(C)(C)C)cc1. The van der Waals surface area contributed by atoms with Crippen molar-refractivity contribution in [1.29, 1.82) is 0 Å². The molecule has 0 saturated carbocycles. The minimum Gasteiger partial charge on any atom is -0.444 e. The van der Waals surface area contributed by atoms with Crippen LogP contribution in [-0.2, 0) is 24.5 Å². The van der Waals surface area contributed by atoms with Gasteiger partial charge in [-0.2, -0.15) is 13.2 Å². The van der Waals surface area contributed by atoms with E-state index in [0.29, 0.717) is 33.6 Å². The summed E-state index contributed by atoms with van der Waals surface area (Å²) in [4.78, 5) is 33.5. The highest BCUT2D eigenvalue weighted by atomic mass is 19.4. The van der Waals surface area contributed by atoms with Gasteiger partial charge < -0.3 is 15.4 Å². The molecule has 0 unspecified atom stereocenters. The summed E-state index contributed by atoms with van der Waals surface area (Å²) in [5, 5.41) is 13.1. The highest BCUT2D eigenvalue weighted by Gasteiger charge is 2.31. The standard InChI is InChI=1S/C29H30F3N7O3/c1-17(36-26(40)24-15-33-14-23(37-24)25-16-35-38-39(25)5)18-6-8-19(9-7-18)22-12-21(29(30,31)32)11-10-20(22)13-34-27(41)42-28(2,3)4/h6-12,14-17H,13H2,1-5H3,(H,34,41)(H,36,40)/t17-/m1/s1. The Morgan fingerprint density at radius 3 is 2.36 bits per heavy atom. The molecule has 13 heteroatoms. The van der Waals surface area contributed by atoms with E-state index in [0.717, 1.165) is 12.1 Å². The average molecular weight is 582 g/mol. The second kappa shape index (κ2) is 12.0. The largest absolute Gasteiger partial charge is 0.444 e. The first kappa shape index (κ1) is 30.2. The number of hydrogen-bond donors (Lipinski definition) is 2. The molecule has 220 valence electrons. The van der Waals surface area contributed by atoms with Gasteiger partial charge in [-0.15, -0.1) is 5.10 Å². The maximum atomic E-state index is 13.5. The number of aryl methyl sites for hydroxylation is 1. The smallest absolute Gasteiger partial charge is 0.416 e. The summed E-state index contributed by atoms with van der Waals surface area (Å²) in [6.45, 7) is 6.88. The second-order valence-corrected chi connectivity index (χ2v) is 10.6. The first-order valence-corrected chi connectivity index (χ1v) is 13.0. The lowest BCUT2D eigenvalue weighted by Gasteiger charge is -2.20. The van der Waals surface area contributed by atoms with Crippen molar-refractivity contribution < 1.29 is 27.5 Å². The third-order valence-corrected chi connectivity index (χ3v) is 6.17. The zero-order valence-electron chi connectivity index (χ0n) is 23.7. The number of benzene rings is 2.